The van der Waals surface area contributed by atoms with E-state index in [0.717, 1.165) is 17.7 Å². The van der Waals surface area contributed by atoms with Gasteiger partial charge < -0.3 is 23.5 Å². The number of nitrogens with zero attached hydrogens (tertiary/aromatic N) is 3. The maximum atomic E-state index is 13.3. The molecule has 2 heterocycles. The molecule has 0 saturated carbocycles. The maximum Gasteiger partial charge on any atom is 0.416 e. The first-order valence-corrected chi connectivity index (χ1v) is 11.7. The number of aromatic nitrogens is 1. The van der Waals surface area contributed by atoms with Gasteiger partial charge in [-0.3, -0.25) is 9.69 Å². The van der Waals surface area contributed by atoms with Crippen molar-refractivity contribution in [2.45, 2.75) is 25.8 Å². The first-order valence-electron chi connectivity index (χ1n) is 11.7. The summed E-state index contributed by atoms with van der Waals surface area (Å²) in [5.74, 6) is 1.23. The van der Waals surface area contributed by atoms with Crippen molar-refractivity contribution < 1.29 is 36.6 Å². The molecule has 1 aromatic heterocycles. The Morgan fingerprint density at radius 1 is 1.05 bits per heavy atom. The Labute approximate surface area is 212 Å². The number of rotatable bonds is 9. The van der Waals surface area contributed by atoms with Crippen molar-refractivity contribution in [3.05, 3.63) is 77.0 Å². The van der Waals surface area contributed by atoms with Crippen molar-refractivity contribution in [3.63, 3.8) is 0 Å². The van der Waals surface area contributed by atoms with Crippen molar-refractivity contribution in [1.82, 2.24) is 14.8 Å². The molecule has 1 fully saturated rings. The molecule has 8 nitrogen and oxygen atoms in total. The van der Waals surface area contributed by atoms with Gasteiger partial charge in [-0.2, -0.15) is 13.2 Å². The van der Waals surface area contributed by atoms with Gasteiger partial charge in [0.1, 0.15) is 17.8 Å². The number of benzene rings is 2. The molecule has 0 bridgehead atoms. The summed E-state index contributed by atoms with van der Waals surface area (Å²) in [7, 11) is 3.09. The lowest BCUT2D eigenvalue weighted by Gasteiger charge is -2.25. The smallest absolute Gasteiger partial charge is 0.416 e. The Hall–Kier alpha value is -3.57. The minimum absolute atomic E-state index is 0.146. The quantitative estimate of drug-likeness (QED) is 0.415. The summed E-state index contributed by atoms with van der Waals surface area (Å²) < 4.78 is 61.6. The predicted octanol–water partition coefficient (Wildman–Crippen LogP) is 4.39. The van der Waals surface area contributed by atoms with Crippen LogP contribution in [0.15, 0.2) is 53.1 Å². The highest BCUT2D eigenvalue weighted by atomic mass is 19.4. The summed E-state index contributed by atoms with van der Waals surface area (Å²) in [4.78, 5) is 20.6. The molecule has 1 amide bonds. The zero-order valence-electron chi connectivity index (χ0n) is 20.6. The van der Waals surface area contributed by atoms with Crippen molar-refractivity contribution in [1.29, 1.82) is 0 Å². The van der Waals surface area contributed by atoms with Gasteiger partial charge in [0, 0.05) is 31.7 Å². The monoisotopic (exact) mass is 519 g/mol. The fourth-order valence-electron chi connectivity index (χ4n) is 4.12. The number of oxazole rings is 1. The van der Waals surface area contributed by atoms with Gasteiger partial charge in [-0.05, 0) is 29.8 Å². The lowest BCUT2D eigenvalue weighted by atomic mass is 10.1. The number of morpholine rings is 1. The van der Waals surface area contributed by atoms with Crippen LogP contribution in [-0.4, -0.2) is 61.2 Å². The topological polar surface area (TPSA) is 77.3 Å². The molecule has 0 aliphatic carbocycles. The number of ether oxygens (including phenoxy) is 3. The summed E-state index contributed by atoms with van der Waals surface area (Å²) >= 11 is 0. The van der Waals surface area contributed by atoms with Crippen LogP contribution in [0.3, 0.4) is 0 Å². The van der Waals surface area contributed by atoms with Crippen LogP contribution in [0.1, 0.15) is 33.1 Å². The first-order chi connectivity index (χ1) is 17.8. The van der Waals surface area contributed by atoms with Crippen molar-refractivity contribution >= 4 is 5.91 Å². The molecular formula is C26H28F3N3O5. The molecule has 198 valence electrons. The fraction of sp³-hybridized carbons (Fsp3) is 0.385. The second-order valence-electron chi connectivity index (χ2n) is 8.55. The standard InChI is InChI=1S/C26H28F3N3O5/c1-34-21-6-7-23(35-2)19(13-21)15-31(14-18-4-3-5-20(12-18)26(27,28)29)16-24-30-22(17-37-24)25(33)32-8-10-36-11-9-32/h3-7,12-13,17H,8-11,14-16H2,1-2H3. The summed E-state index contributed by atoms with van der Waals surface area (Å²) in [6.45, 7) is 2.47. The molecule has 1 aliphatic rings. The minimum atomic E-state index is -4.45. The van der Waals surface area contributed by atoms with Gasteiger partial charge in [0.15, 0.2) is 5.69 Å². The van der Waals surface area contributed by atoms with E-state index in [-0.39, 0.29) is 30.6 Å². The Morgan fingerprint density at radius 2 is 1.84 bits per heavy atom. The largest absolute Gasteiger partial charge is 0.497 e. The van der Waals surface area contributed by atoms with Crippen LogP contribution in [0.5, 0.6) is 11.5 Å². The summed E-state index contributed by atoms with van der Waals surface area (Å²) in [6, 6.07) is 10.5. The molecule has 0 unspecified atom stereocenters. The van der Waals surface area contributed by atoms with Crippen molar-refractivity contribution in [2.75, 3.05) is 40.5 Å². The molecule has 0 atom stereocenters. The van der Waals surface area contributed by atoms with E-state index >= 15 is 0 Å². The van der Waals surface area contributed by atoms with Gasteiger partial charge >= 0.3 is 6.18 Å². The average molecular weight is 520 g/mol. The third-order valence-electron chi connectivity index (χ3n) is 5.97. The summed E-state index contributed by atoms with van der Waals surface area (Å²) in [6.07, 6.45) is -3.14. The van der Waals surface area contributed by atoms with Crippen LogP contribution in [0.2, 0.25) is 0 Å². The third kappa shape index (κ3) is 6.80. The summed E-state index contributed by atoms with van der Waals surface area (Å²) in [5.41, 5.74) is 0.686. The number of amides is 1. The van der Waals surface area contributed by atoms with E-state index in [2.05, 4.69) is 4.98 Å². The Morgan fingerprint density at radius 3 is 2.54 bits per heavy atom. The van der Waals surface area contributed by atoms with Gasteiger partial charge in [0.25, 0.3) is 5.91 Å². The molecule has 3 aromatic rings. The van der Waals surface area contributed by atoms with E-state index in [1.807, 2.05) is 4.90 Å². The number of hydrogen-bond donors (Lipinski definition) is 0. The molecule has 1 aliphatic heterocycles. The summed E-state index contributed by atoms with van der Waals surface area (Å²) in [5, 5.41) is 0. The van der Waals surface area contributed by atoms with Crippen LogP contribution in [-0.2, 0) is 30.5 Å². The molecule has 0 spiro atoms. The highest BCUT2D eigenvalue weighted by Gasteiger charge is 2.30. The van der Waals surface area contributed by atoms with Crippen LogP contribution in [0, 0.1) is 0 Å². The number of halogens is 3. The van der Waals surface area contributed by atoms with Crippen LogP contribution >= 0.6 is 0 Å². The maximum absolute atomic E-state index is 13.3. The zero-order valence-corrected chi connectivity index (χ0v) is 20.6. The van der Waals surface area contributed by atoms with Crippen LogP contribution in [0.25, 0.3) is 0 Å². The van der Waals surface area contributed by atoms with Crippen molar-refractivity contribution in [2.24, 2.45) is 0 Å². The van der Waals surface area contributed by atoms with E-state index in [0.29, 0.717) is 49.9 Å². The number of alkyl halides is 3. The van der Waals surface area contributed by atoms with E-state index < -0.39 is 11.7 Å². The Kier molecular flexibility index (Phi) is 8.34. The molecular weight excluding hydrogens is 491 g/mol. The highest BCUT2D eigenvalue weighted by molar-refractivity contribution is 5.92. The third-order valence-corrected chi connectivity index (χ3v) is 5.97. The minimum Gasteiger partial charge on any atom is -0.497 e. The number of methoxy groups -OCH3 is 2. The molecule has 0 N–H and O–H groups in total. The van der Waals surface area contributed by atoms with E-state index in [1.54, 1.807) is 43.4 Å². The normalized spacial score (nSPS) is 14.2. The average Bonchev–Trinajstić information content (AvgIpc) is 3.36. The number of carbonyl (C=O) groups excluding carboxylic acids is 1. The van der Waals surface area contributed by atoms with Gasteiger partial charge in [-0.15, -0.1) is 0 Å². The number of hydrogen-bond acceptors (Lipinski definition) is 7. The lowest BCUT2D eigenvalue weighted by Crippen LogP contribution is -2.40. The van der Waals surface area contributed by atoms with Gasteiger partial charge in [0.2, 0.25) is 5.89 Å². The van der Waals surface area contributed by atoms with Crippen LogP contribution < -0.4 is 9.47 Å². The Balaban J connectivity index is 1.58. The molecule has 1 saturated heterocycles. The molecule has 11 heteroatoms. The SMILES string of the molecule is COc1ccc(OC)c(CN(Cc2cccc(C(F)(F)F)c2)Cc2nc(C(=O)N3CCOCC3)co2)c1. The van der Waals surface area contributed by atoms with E-state index in [1.165, 1.54) is 12.3 Å². The lowest BCUT2D eigenvalue weighted by molar-refractivity contribution is -0.137. The second-order valence-corrected chi connectivity index (χ2v) is 8.55. The van der Waals surface area contributed by atoms with Crippen LogP contribution in [0.4, 0.5) is 13.2 Å². The van der Waals surface area contributed by atoms with Gasteiger partial charge in [-0.25, -0.2) is 4.98 Å². The Bertz CT molecular complexity index is 1210. The number of carbonyl (C=O) groups is 1. The van der Waals surface area contributed by atoms with Gasteiger partial charge in [-0.1, -0.05) is 18.2 Å². The first kappa shape index (κ1) is 26.5. The van der Waals surface area contributed by atoms with E-state index in [4.69, 9.17) is 18.6 Å². The highest BCUT2D eigenvalue weighted by Crippen LogP contribution is 2.31. The second kappa shape index (κ2) is 11.7. The molecule has 37 heavy (non-hydrogen) atoms. The predicted molar refractivity (Wildman–Crippen MR) is 127 cm³/mol. The molecule has 2 aromatic carbocycles. The van der Waals surface area contributed by atoms with Gasteiger partial charge in [0.05, 0.1) is 39.5 Å². The fourth-order valence-corrected chi connectivity index (χ4v) is 4.12. The zero-order chi connectivity index (χ0) is 26.4. The molecule has 4 rings (SSSR count). The van der Waals surface area contributed by atoms with E-state index in [9.17, 15) is 18.0 Å². The molecule has 0 radical (unpaired) electrons. The van der Waals surface area contributed by atoms with Crippen molar-refractivity contribution in [3.8, 4) is 11.5 Å².